The molecular weight excluding hydrogens is 384 g/mol. The fourth-order valence-corrected chi connectivity index (χ4v) is 10.3. The topological polar surface area (TPSA) is 36.9 Å². The molecule has 0 N–H and O–H groups in total. The molecule has 0 heterocycles. The summed E-state index contributed by atoms with van der Waals surface area (Å²) in [6, 6.07) is 28.4. The van der Waals surface area contributed by atoms with Crippen LogP contribution in [0.1, 0.15) is 0 Å². The summed E-state index contributed by atoms with van der Waals surface area (Å²) in [5, 5.41) is 4.09. The Morgan fingerprint density at radius 3 is 1.00 bits per heavy atom. The zero-order valence-electron chi connectivity index (χ0n) is 16.7. The van der Waals surface area contributed by atoms with Crippen LogP contribution in [0, 0.1) is 0 Å². The molecule has 0 saturated carbocycles. The van der Waals surface area contributed by atoms with E-state index in [4.69, 9.17) is 17.7 Å². The third kappa shape index (κ3) is 3.39. The molecule has 0 aliphatic heterocycles. The van der Waals surface area contributed by atoms with Crippen LogP contribution in [-0.2, 0) is 17.7 Å². The van der Waals surface area contributed by atoms with Crippen molar-refractivity contribution in [3.05, 3.63) is 84.9 Å². The Kier molecular flexibility index (Phi) is 6.61. The molecule has 3 rings (SSSR count). The van der Waals surface area contributed by atoms with E-state index in [9.17, 15) is 0 Å². The first-order valence-electron chi connectivity index (χ1n) is 9.10. The van der Waals surface area contributed by atoms with Crippen LogP contribution < -0.4 is 20.7 Å². The lowest BCUT2D eigenvalue weighted by molar-refractivity contribution is 0.268. The molecule has 4 nitrogen and oxygen atoms in total. The van der Waals surface area contributed by atoms with Gasteiger partial charge >= 0.3 is 17.1 Å². The lowest BCUT2D eigenvalue weighted by atomic mass is 10.3. The van der Waals surface area contributed by atoms with Crippen LogP contribution >= 0.6 is 0 Å². The second-order valence-electron chi connectivity index (χ2n) is 6.33. The van der Waals surface area contributed by atoms with Crippen molar-refractivity contribution in [2.75, 3.05) is 28.4 Å². The molecule has 0 aliphatic carbocycles. The molecule has 0 unspecified atom stereocenters. The molecule has 0 spiro atoms. The first-order valence-corrected chi connectivity index (χ1v) is 12.7. The fourth-order valence-electron chi connectivity index (χ4n) is 3.76. The summed E-state index contributed by atoms with van der Waals surface area (Å²) in [7, 11) is 0.971. The fraction of sp³-hybridized carbons (Fsp3) is 0.182. The molecule has 146 valence electrons. The SMILES string of the molecule is CO[Si](OC)(c1ccccc1)c1ccccc1[Si](OC)(OC)c1ccccc1. The van der Waals surface area contributed by atoms with E-state index < -0.39 is 17.1 Å². The maximum Gasteiger partial charge on any atom is 0.406 e. The minimum atomic E-state index is -2.94. The highest BCUT2D eigenvalue weighted by Gasteiger charge is 2.50. The Morgan fingerprint density at radius 1 is 0.429 bits per heavy atom. The van der Waals surface area contributed by atoms with Crippen molar-refractivity contribution in [2.45, 2.75) is 0 Å². The molecule has 0 saturated heterocycles. The quantitative estimate of drug-likeness (QED) is 0.526. The number of hydrogen-bond donors (Lipinski definition) is 0. The molecule has 0 atom stereocenters. The van der Waals surface area contributed by atoms with E-state index in [-0.39, 0.29) is 0 Å². The molecular formula is C22H26O4Si2. The van der Waals surface area contributed by atoms with Gasteiger partial charge in [-0.25, -0.2) is 0 Å². The van der Waals surface area contributed by atoms with Gasteiger partial charge in [-0.2, -0.15) is 0 Å². The normalized spacial score (nSPS) is 12.1. The van der Waals surface area contributed by atoms with Gasteiger partial charge in [0.05, 0.1) is 0 Å². The summed E-state index contributed by atoms with van der Waals surface area (Å²) in [5.74, 6) is 0. The predicted molar refractivity (Wildman–Crippen MR) is 117 cm³/mol. The highest BCUT2D eigenvalue weighted by molar-refractivity contribution is 7.01. The number of rotatable bonds is 8. The van der Waals surface area contributed by atoms with Crippen molar-refractivity contribution in [3.63, 3.8) is 0 Å². The summed E-state index contributed by atoms with van der Waals surface area (Å²) in [6.45, 7) is 0. The molecule has 28 heavy (non-hydrogen) atoms. The zero-order chi connectivity index (χ0) is 20.0. The van der Waals surface area contributed by atoms with E-state index >= 15 is 0 Å². The van der Waals surface area contributed by atoms with Gasteiger partial charge < -0.3 is 17.7 Å². The van der Waals surface area contributed by atoms with Crippen molar-refractivity contribution < 1.29 is 17.7 Å². The van der Waals surface area contributed by atoms with Crippen LogP contribution in [0.4, 0.5) is 0 Å². The number of benzene rings is 3. The molecule has 3 aromatic carbocycles. The highest BCUT2D eigenvalue weighted by Crippen LogP contribution is 2.12. The smallest absolute Gasteiger partial charge is 0.391 e. The Hall–Kier alpha value is -2.07. The van der Waals surface area contributed by atoms with Gasteiger partial charge in [0.25, 0.3) is 0 Å². The minimum absolute atomic E-state index is 1.01. The molecule has 0 fully saturated rings. The summed E-state index contributed by atoms with van der Waals surface area (Å²) >= 11 is 0. The second-order valence-corrected chi connectivity index (χ2v) is 12.7. The third-order valence-electron chi connectivity index (χ3n) is 5.09. The summed E-state index contributed by atoms with van der Waals surface area (Å²) in [4.78, 5) is 0. The monoisotopic (exact) mass is 410 g/mol. The van der Waals surface area contributed by atoms with Crippen molar-refractivity contribution in [3.8, 4) is 0 Å². The summed E-state index contributed by atoms with van der Waals surface area (Å²) in [5.41, 5.74) is 0. The van der Waals surface area contributed by atoms with E-state index in [1.165, 1.54) is 0 Å². The Labute approximate surface area is 169 Å². The molecule has 6 heteroatoms. The van der Waals surface area contributed by atoms with Gasteiger partial charge in [-0.1, -0.05) is 84.9 Å². The van der Waals surface area contributed by atoms with Crippen molar-refractivity contribution >= 4 is 37.9 Å². The van der Waals surface area contributed by atoms with Crippen LogP contribution in [0.25, 0.3) is 0 Å². The van der Waals surface area contributed by atoms with Crippen LogP contribution in [0.2, 0.25) is 0 Å². The molecule has 0 aliphatic rings. The molecule has 3 aromatic rings. The molecule has 0 aromatic heterocycles. The van der Waals surface area contributed by atoms with Gasteiger partial charge in [-0.3, -0.25) is 0 Å². The summed E-state index contributed by atoms with van der Waals surface area (Å²) in [6.07, 6.45) is 0. The molecule has 0 amide bonds. The lowest BCUT2D eigenvalue weighted by Crippen LogP contribution is -2.74. The van der Waals surface area contributed by atoms with Gasteiger partial charge in [-0.15, -0.1) is 0 Å². The maximum atomic E-state index is 6.15. The van der Waals surface area contributed by atoms with Crippen molar-refractivity contribution in [1.82, 2.24) is 0 Å². The summed E-state index contributed by atoms with van der Waals surface area (Å²) < 4.78 is 24.6. The average molecular weight is 411 g/mol. The van der Waals surface area contributed by atoms with Gasteiger partial charge in [0.2, 0.25) is 0 Å². The zero-order valence-corrected chi connectivity index (χ0v) is 18.7. The Morgan fingerprint density at radius 2 is 0.714 bits per heavy atom. The second kappa shape index (κ2) is 8.96. The van der Waals surface area contributed by atoms with E-state index in [0.717, 1.165) is 20.7 Å². The van der Waals surface area contributed by atoms with Gasteiger partial charge in [0.1, 0.15) is 0 Å². The van der Waals surface area contributed by atoms with Crippen LogP contribution in [0.3, 0.4) is 0 Å². The Balaban J connectivity index is 2.30. The Bertz CT molecular complexity index is 805. The van der Waals surface area contributed by atoms with Crippen molar-refractivity contribution in [2.24, 2.45) is 0 Å². The van der Waals surface area contributed by atoms with E-state index in [1.54, 1.807) is 28.4 Å². The van der Waals surface area contributed by atoms with Gasteiger partial charge in [0.15, 0.2) is 0 Å². The van der Waals surface area contributed by atoms with Crippen LogP contribution in [-0.4, -0.2) is 45.6 Å². The first kappa shape index (κ1) is 20.7. The van der Waals surface area contributed by atoms with Crippen LogP contribution in [0.5, 0.6) is 0 Å². The highest BCUT2D eigenvalue weighted by atomic mass is 28.4. The van der Waals surface area contributed by atoms with E-state index in [2.05, 4.69) is 36.4 Å². The average Bonchev–Trinajstić information content (AvgIpc) is 2.79. The minimum Gasteiger partial charge on any atom is -0.391 e. The lowest BCUT2D eigenvalue weighted by Gasteiger charge is -2.35. The van der Waals surface area contributed by atoms with E-state index in [0.29, 0.717) is 0 Å². The van der Waals surface area contributed by atoms with Crippen LogP contribution in [0.15, 0.2) is 84.9 Å². The molecule has 0 bridgehead atoms. The van der Waals surface area contributed by atoms with Gasteiger partial charge in [-0.05, 0) is 10.4 Å². The number of hydrogen-bond acceptors (Lipinski definition) is 4. The standard InChI is InChI=1S/C22H26O4Si2/c1-23-27(24-2,19-13-7-5-8-14-19)21-17-11-12-18-22(21)28(25-3,26-4)20-15-9-6-10-16-20/h5-18H,1-4H3. The first-order chi connectivity index (χ1) is 13.7. The van der Waals surface area contributed by atoms with Gasteiger partial charge in [0, 0.05) is 38.8 Å². The predicted octanol–water partition coefficient (Wildman–Crippen LogP) is 1.38. The third-order valence-corrected chi connectivity index (χ3v) is 12.1. The molecule has 0 radical (unpaired) electrons. The largest absolute Gasteiger partial charge is 0.406 e. The van der Waals surface area contributed by atoms with Crippen molar-refractivity contribution in [1.29, 1.82) is 0 Å². The maximum absolute atomic E-state index is 6.15. The van der Waals surface area contributed by atoms with E-state index in [1.807, 2.05) is 48.5 Å².